The zero-order chi connectivity index (χ0) is 93.0. The van der Waals surface area contributed by atoms with E-state index in [-0.39, 0.29) is 61.7 Å². The molecule has 0 spiro atoms. The van der Waals surface area contributed by atoms with Crippen LogP contribution in [0.2, 0.25) is 0 Å². The topological polar surface area (TPSA) is 397 Å². The van der Waals surface area contributed by atoms with Crippen LogP contribution in [0.1, 0.15) is 164 Å². The molecule has 3 amide bonds. The Morgan fingerprint density at radius 3 is 2.19 bits per heavy atom. The fraction of sp³-hybridized carbons (Fsp3) is 0.582. The van der Waals surface area contributed by atoms with Crippen LogP contribution in [-0.2, 0) is 89.6 Å². The van der Waals surface area contributed by atoms with Gasteiger partial charge in [0.15, 0.2) is 11.4 Å². The van der Waals surface area contributed by atoms with E-state index in [0.29, 0.717) is 156 Å². The summed E-state index contributed by atoms with van der Waals surface area (Å²) in [6, 6.07) is 9.16. The number of rotatable bonds is 19. The second-order valence-electron chi connectivity index (χ2n) is 37.5. The first-order chi connectivity index (χ1) is 63.7. The first kappa shape index (κ1) is 95.9. The number of nitrogens with two attached hydrogens (primary N) is 1. The lowest BCUT2D eigenvalue weighted by atomic mass is 9.78. The van der Waals surface area contributed by atoms with E-state index in [1.807, 2.05) is 92.2 Å². The number of Topliss-reactive ketones (excluding diaryl/α,β-unsaturated/α-hetero) is 3. The van der Waals surface area contributed by atoms with Gasteiger partial charge in [-0.15, -0.1) is 0 Å². The van der Waals surface area contributed by atoms with E-state index in [1.54, 1.807) is 64.6 Å². The molecule has 4 saturated heterocycles. The molecule has 15 rings (SSSR count). The summed E-state index contributed by atoms with van der Waals surface area (Å²) in [4.78, 5) is 151. The largest absolute Gasteiger partial charge is 0.460 e. The Hall–Kier alpha value is -10.7. The van der Waals surface area contributed by atoms with Gasteiger partial charge < -0.3 is 78.6 Å². The molecule has 34 heteroatoms. The number of piperidine rings is 1. The number of anilines is 3. The fourth-order valence-electron chi connectivity index (χ4n) is 20.1. The van der Waals surface area contributed by atoms with Gasteiger partial charge in [0.25, 0.3) is 17.6 Å². The Morgan fingerprint density at radius 2 is 1.45 bits per heavy atom. The van der Waals surface area contributed by atoms with E-state index >= 15 is 0 Å². The van der Waals surface area contributed by atoms with Crippen molar-refractivity contribution >= 4 is 81.0 Å². The molecule has 15 atom stereocenters. The minimum Gasteiger partial charge on any atom is -0.460 e. The number of nitrogens with one attached hydrogen (secondary N) is 1. The van der Waals surface area contributed by atoms with Crippen LogP contribution in [0.15, 0.2) is 115 Å². The number of piperazine rings is 2. The zero-order valence-electron chi connectivity index (χ0n) is 77.9. The summed E-state index contributed by atoms with van der Waals surface area (Å²) < 4.78 is 44.7. The van der Waals surface area contributed by atoms with E-state index in [9.17, 15) is 43.8 Å². The maximum atomic E-state index is 14.9. The second kappa shape index (κ2) is 43.5. The highest BCUT2D eigenvalue weighted by atomic mass is 16.6. The van der Waals surface area contributed by atoms with Crippen molar-refractivity contribution in [2.45, 2.75) is 213 Å². The maximum Gasteiger partial charge on any atom is 0.410 e. The number of aromatic nitrogens is 10. The highest BCUT2D eigenvalue weighted by Gasteiger charge is 2.54. The predicted octanol–water partition coefficient (Wildman–Crippen LogP) is 9.44. The number of cyclic esters (lactones) is 1. The molecule has 5 fully saturated rings. The fourth-order valence-corrected chi connectivity index (χ4v) is 20.1. The molecule has 1 saturated carbocycles. The van der Waals surface area contributed by atoms with Gasteiger partial charge in [-0.3, -0.25) is 33.8 Å². The summed E-state index contributed by atoms with van der Waals surface area (Å²) >= 11 is 0. The van der Waals surface area contributed by atoms with Crippen molar-refractivity contribution in [2.75, 3.05) is 135 Å². The number of H-pyrrole nitrogens is 1. The molecule has 7 aliphatic heterocycles. The second-order valence-corrected chi connectivity index (χ2v) is 37.5. The van der Waals surface area contributed by atoms with Gasteiger partial charge in [0, 0.05) is 197 Å². The van der Waals surface area contributed by atoms with Crippen molar-refractivity contribution in [1.82, 2.24) is 74.2 Å². The molecule has 5 N–H and O–H groups in total. The van der Waals surface area contributed by atoms with Crippen molar-refractivity contribution in [3.63, 3.8) is 0 Å². The lowest BCUT2D eigenvalue weighted by Crippen LogP contribution is -2.61. The molecule has 1 aliphatic carbocycles. The van der Waals surface area contributed by atoms with Gasteiger partial charge in [0.05, 0.1) is 61.3 Å². The molecule has 2 bridgehead atoms. The predicted molar refractivity (Wildman–Crippen MR) is 495 cm³/mol. The number of aliphatic hydroxyl groups excluding tert-OH is 1. The highest BCUT2D eigenvalue weighted by Crippen LogP contribution is 2.41. The number of esters is 1. The SMILES string of the molecule is CO[C@H]1C[C@@H]2CC[C@@H](C)[C@@](O)(O2)C(=O)C(=O)N2CCCC[C@H]2C(=O)O[C@H]([C@H](C)C[C@@H]2CC[C@@H](OC(=O)N3CCc4nc(N5CCN(CCOCCN6CCN(c7ncc(C(=O)N8CCc9cc(Cn%10nc(-c%11cnc%12[nH]ccc%12c%11)c%11c(N)ncnc%11%10)ccc9C8)cn7)CC6)CC5)ncc4C3)[C@H](OC)C2)CC(=O)[C@H](C)/C=C(\C)[C@@H](O)[C@@H](OC)C(=O)[C@H](C)C[C@H](C)/C=C/C=CC=C1C. The Morgan fingerprint density at radius 1 is 0.712 bits per heavy atom. The minimum absolute atomic E-state index is 0.0181. The van der Waals surface area contributed by atoms with E-state index in [0.717, 1.165) is 110 Å². The lowest BCUT2D eigenvalue weighted by molar-refractivity contribution is -0.265. The van der Waals surface area contributed by atoms with Gasteiger partial charge in [-0.25, -0.2) is 49.2 Å². The number of nitrogen functional groups attached to an aromatic ring is 1. The number of allylic oxidation sites excluding steroid dienone is 6. The van der Waals surface area contributed by atoms with Gasteiger partial charge in [-0.2, -0.15) is 5.10 Å². The monoisotopic (exact) mass is 1810 g/mol. The van der Waals surface area contributed by atoms with Crippen LogP contribution in [0, 0.1) is 35.5 Å². The van der Waals surface area contributed by atoms with Crippen LogP contribution in [0.5, 0.6) is 0 Å². The summed E-state index contributed by atoms with van der Waals surface area (Å²) in [5, 5.41) is 30.6. The molecule has 0 unspecified atom stereocenters. The summed E-state index contributed by atoms with van der Waals surface area (Å²) in [6.07, 6.45) is 21.1. The summed E-state index contributed by atoms with van der Waals surface area (Å²) in [6.45, 7) is 24.2. The number of hydrogen-bond donors (Lipinski definition) is 4. The number of benzene rings is 1. The molecule has 7 aromatic rings. The molecular weight excluding hydrogens is 1690 g/mol. The van der Waals surface area contributed by atoms with Gasteiger partial charge in [-0.1, -0.05) is 89.3 Å². The van der Waals surface area contributed by atoms with E-state index < -0.39 is 102 Å². The van der Waals surface area contributed by atoms with Crippen molar-refractivity contribution in [3.8, 4) is 11.3 Å². The van der Waals surface area contributed by atoms with Gasteiger partial charge in [0.2, 0.25) is 17.7 Å². The first-order valence-corrected chi connectivity index (χ1v) is 47.2. The van der Waals surface area contributed by atoms with Crippen LogP contribution in [-0.4, -0.2) is 300 Å². The molecule has 0 radical (unpaired) electrons. The maximum absolute atomic E-state index is 14.9. The Balaban J connectivity index is 0.487. The number of nitrogens with zero attached hydrogens (tertiary/aromatic N) is 16. The number of carbonyl (C=O) groups is 7. The van der Waals surface area contributed by atoms with Gasteiger partial charge in [0.1, 0.15) is 59.7 Å². The Labute approximate surface area is 771 Å². The van der Waals surface area contributed by atoms with Gasteiger partial charge >= 0.3 is 12.1 Å². The first-order valence-electron chi connectivity index (χ1n) is 47.2. The van der Waals surface area contributed by atoms with Crippen molar-refractivity contribution in [3.05, 3.63) is 149 Å². The Bertz CT molecular complexity index is 5370. The van der Waals surface area contributed by atoms with E-state index in [1.165, 1.54) is 23.9 Å². The van der Waals surface area contributed by atoms with Crippen molar-refractivity contribution < 1.29 is 76.9 Å². The summed E-state index contributed by atoms with van der Waals surface area (Å²) in [5.41, 5.74) is 16.1. The van der Waals surface area contributed by atoms with Crippen molar-refractivity contribution in [1.29, 1.82) is 0 Å². The van der Waals surface area contributed by atoms with Crippen LogP contribution < -0.4 is 15.5 Å². The molecular formula is C98H130N18O16. The van der Waals surface area contributed by atoms with E-state index in [4.69, 9.17) is 54.0 Å². The third-order valence-corrected chi connectivity index (χ3v) is 28.3. The number of aromatic amines is 1. The molecule has 708 valence electrons. The number of amides is 3. The average Bonchev–Trinajstić information content (AvgIpc) is 1.73. The normalized spacial score (nSPS) is 28.0. The summed E-state index contributed by atoms with van der Waals surface area (Å²) in [5.74, 6) is -7.07. The zero-order valence-corrected chi connectivity index (χ0v) is 77.9. The molecule has 13 heterocycles. The number of hydrogen-bond acceptors (Lipinski definition) is 29. The molecule has 8 aliphatic rings. The van der Waals surface area contributed by atoms with Crippen molar-refractivity contribution in [2.24, 2.45) is 35.5 Å². The Kier molecular flexibility index (Phi) is 31.6. The summed E-state index contributed by atoms with van der Waals surface area (Å²) in [7, 11) is 4.55. The average molecular weight is 1820 g/mol. The van der Waals surface area contributed by atoms with Crippen LogP contribution in [0.25, 0.3) is 33.3 Å². The molecule has 34 nitrogen and oxygen atoms in total. The minimum atomic E-state index is -2.48. The standard InChI is InChI=1S/C98H130N18O16/c1-60-16-12-11-13-17-61(2)80(126-8)50-75-23-19-66(7)98(125,132-75)88(120)93(122)115-29-15-14-18-77(115)94(123)130-81(51-78(117)62(3)45-65(6)86(119)87(128-10)85(118)64(5)44-60)63(4)46-67-21-24-79(82(48-67)127-9)131-97(124)114-31-27-76-74(58-114)55-104-96(107-76)112-38-34-110(35-39-112)41-43-129-42-40-109-32-36-111(37-33-109)95-102-53-73(54-103-95)92(121)113-30-26-69-47-68(20-22-71(69)57-113)56-116-91-83(89(99)105-59-106-91)84(108-116)72-49-70-25-28-100-90(70)101-52-72/h11-13,16-17,20,22,25,28,45,47,49,52-55,59-60,62-64,66-67,75,77,79-82,86-87,119,125H,14-15,18-19,21,23-24,26-27,29-44,46,48,50-51,56-58H2,1-10H3,(H,100,101)(H2,99,105,106)/b13-11?,16-12+,61-17?,65-45+/t60-,62-,63-,64-,66-,67+,75+,77+,79-,80+,81+,82-,86-,87+,98-/m1/s1. The third kappa shape index (κ3) is 22.5. The smallest absolute Gasteiger partial charge is 0.410 e. The number of carbonyl (C=O) groups excluding carboxylic acids is 7. The molecule has 6 aromatic heterocycles. The van der Waals surface area contributed by atoms with Crippen LogP contribution in [0.4, 0.5) is 22.5 Å². The number of ketones is 3. The number of fused-ring (bicyclic) bond motifs is 7. The number of aliphatic hydroxyl groups is 2. The number of pyridine rings is 1. The van der Waals surface area contributed by atoms with Gasteiger partial charge in [-0.05, 0) is 142 Å². The molecule has 132 heavy (non-hydrogen) atoms. The highest BCUT2D eigenvalue weighted by molar-refractivity contribution is 6.39. The van der Waals surface area contributed by atoms with Crippen LogP contribution in [0.3, 0.4) is 0 Å². The lowest BCUT2D eigenvalue weighted by Gasteiger charge is -2.42. The quantitative estimate of drug-likeness (QED) is 0.0253. The van der Waals surface area contributed by atoms with Crippen LogP contribution >= 0.6 is 0 Å². The third-order valence-electron chi connectivity index (χ3n) is 28.3. The van der Waals surface area contributed by atoms with E-state index in [2.05, 4.69) is 67.7 Å². The molecule has 1 aromatic carbocycles. The number of ether oxygens (including phenoxy) is 7. The number of methoxy groups -OCH3 is 3.